The van der Waals surface area contributed by atoms with Crippen LogP contribution in [0.4, 0.5) is 5.69 Å². The number of rotatable bonds is 2. The van der Waals surface area contributed by atoms with E-state index in [-0.39, 0.29) is 0 Å². The zero-order valence-electron chi connectivity index (χ0n) is 7.94. The predicted octanol–water partition coefficient (Wildman–Crippen LogP) is 3.82. The van der Waals surface area contributed by atoms with Gasteiger partial charge >= 0.3 is 0 Å². The summed E-state index contributed by atoms with van der Waals surface area (Å²) in [6, 6.07) is 7.63. The van der Waals surface area contributed by atoms with E-state index in [9.17, 15) is 0 Å². The zero-order chi connectivity index (χ0) is 10.8. The standard InChI is InChI=1S/C10H10BrClN2/c1-10(2,6-13)14-7-3-4-9(12)8(11)5-7/h3-5,14H,1-2H3. The number of halogens is 2. The van der Waals surface area contributed by atoms with E-state index in [4.69, 9.17) is 16.9 Å². The Morgan fingerprint density at radius 1 is 1.50 bits per heavy atom. The first-order chi connectivity index (χ1) is 6.44. The summed E-state index contributed by atoms with van der Waals surface area (Å²) < 4.78 is 0.818. The van der Waals surface area contributed by atoms with Crippen LogP contribution in [0.5, 0.6) is 0 Å². The van der Waals surface area contributed by atoms with Crippen molar-refractivity contribution in [2.45, 2.75) is 19.4 Å². The van der Waals surface area contributed by atoms with Crippen molar-refractivity contribution in [1.29, 1.82) is 5.26 Å². The van der Waals surface area contributed by atoms with E-state index in [1.807, 2.05) is 26.0 Å². The van der Waals surface area contributed by atoms with E-state index < -0.39 is 5.54 Å². The number of benzene rings is 1. The largest absolute Gasteiger partial charge is 0.368 e. The highest BCUT2D eigenvalue weighted by molar-refractivity contribution is 9.10. The van der Waals surface area contributed by atoms with Crippen LogP contribution in [0, 0.1) is 11.3 Å². The molecule has 0 saturated heterocycles. The monoisotopic (exact) mass is 272 g/mol. The first-order valence-corrected chi connectivity index (χ1v) is 5.26. The SMILES string of the molecule is CC(C)(C#N)Nc1ccc(Cl)c(Br)c1. The lowest BCUT2D eigenvalue weighted by Gasteiger charge is -2.19. The molecule has 0 unspecified atom stereocenters. The number of nitrogens with one attached hydrogen (secondary N) is 1. The molecule has 2 nitrogen and oxygen atoms in total. The summed E-state index contributed by atoms with van der Waals surface area (Å²) in [5.74, 6) is 0. The molecule has 1 N–H and O–H groups in total. The third-order valence-electron chi connectivity index (χ3n) is 1.66. The summed E-state index contributed by atoms with van der Waals surface area (Å²) in [4.78, 5) is 0. The second kappa shape index (κ2) is 4.20. The van der Waals surface area contributed by atoms with Gasteiger partial charge in [0.25, 0.3) is 0 Å². The Bertz CT molecular complexity index is 382. The molecule has 14 heavy (non-hydrogen) atoms. The molecule has 0 amide bonds. The van der Waals surface area contributed by atoms with Crippen molar-refractivity contribution in [3.05, 3.63) is 27.7 Å². The molecule has 74 valence electrons. The Hall–Kier alpha value is -0.720. The maximum absolute atomic E-state index is 8.83. The quantitative estimate of drug-likeness (QED) is 0.889. The molecule has 0 atom stereocenters. The molecule has 0 radical (unpaired) electrons. The first-order valence-electron chi connectivity index (χ1n) is 4.09. The van der Waals surface area contributed by atoms with Crippen molar-refractivity contribution in [1.82, 2.24) is 0 Å². The van der Waals surface area contributed by atoms with Crippen LogP contribution in [0.25, 0.3) is 0 Å². The van der Waals surface area contributed by atoms with Gasteiger partial charge in [0.1, 0.15) is 5.54 Å². The van der Waals surface area contributed by atoms with Crippen molar-refractivity contribution < 1.29 is 0 Å². The topological polar surface area (TPSA) is 35.8 Å². The molecular formula is C10H10BrClN2. The molecule has 1 aromatic rings. The van der Waals surface area contributed by atoms with E-state index >= 15 is 0 Å². The van der Waals surface area contributed by atoms with Crippen LogP contribution in [0.2, 0.25) is 5.02 Å². The van der Waals surface area contributed by atoms with E-state index in [0.29, 0.717) is 5.02 Å². The summed E-state index contributed by atoms with van der Waals surface area (Å²) in [7, 11) is 0. The Morgan fingerprint density at radius 2 is 2.14 bits per heavy atom. The van der Waals surface area contributed by atoms with E-state index in [0.717, 1.165) is 10.2 Å². The van der Waals surface area contributed by atoms with Crippen molar-refractivity contribution in [3.63, 3.8) is 0 Å². The zero-order valence-corrected chi connectivity index (χ0v) is 10.3. The number of nitrogens with zero attached hydrogens (tertiary/aromatic N) is 1. The van der Waals surface area contributed by atoms with Gasteiger partial charge < -0.3 is 5.32 Å². The van der Waals surface area contributed by atoms with Crippen LogP contribution in [0.15, 0.2) is 22.7 Å². The van der Waals surface area contributed by atoms with Gasteiger partial charge in [0.15, 0.2) is 0 Å². The minimum absolute atomic E-state index is 0.576. The van der Waals surface area contributed by atoms with Gasteiger partial charge in [-0.15, -0.1) is 0 Å². The Morgan fingerprint density at radius 3 is 2.64 bits per heavy atom. The first kappa shape index (κ1) is 11.4. The van der Waals surface area contributed by atoms with E-state index in [1.165, 1.54) is 0 Å². The van der Waals surface area contributed by atoms with Gasteiger partial charge in [-0.3, -0.25) is 0 Å². The molecule has 4 heteroatoms. The Kier molecular flexibility index (Phi) is 3.41. The van der Waals surface area contributed by atoms with Crippen molar-refractivity contribution >= 4 is 33.2 Å². The third-order valence-corrected chi connectivity index (χ3v) is 2.87. The van der Waals surface area contributed by atoms with E-state index in [1.54, 1.807) is 6.07 Å². The fourth-order valence-corrected chi connectivity index (χ4v) is 1.46. The van der Waals surface area contributed by atoms with Gasteiger partial charge in [0.2, 0.25) is 0 Å². The second-order valence-corrected chi connectivity index (χ2v) is 4.75. The summed E-state index contributed by atoms with van der Waals surface area (Å²) in [6.07, 6.45) is 0. The van der Waals surface area contributed by atoms with Crippen LogP contribution < -0.4 is 5.32 Å². The lowest BCUT2D eigenvalue weighted by atomic mass is 10.1. The number of nitriles is 1. The van der Waals surface area contributed by atoms with Crippen molar-refractivity contribution in [3.8, 4) is 6.07 Å². The van der Waals surface area contributed by atoms with Crippen LogP contribution in [0.3, 0.4) is 0 Å². The molecule has 1 rings (SSSR count). The average Bonchev–Trinajstić information content (AvgIpc) is 2.11. The van der Waals surface area contributed by atoms with Gasteiger partial charge in [-0.2, -0.15) is 5.26 Å². The Labute approximate surface area is 97.0 Å². The molecule has 0 saturated carbocycles. The van der Waals surface area contributed by atoms with Crippen molar-refractivity contribution in [2.75, 3.05) is 5.32 Å². The molecule has 0 aliphatic rings. The summed E-state index contributed by atoms with van der Waals surface area (Å²) in [6.45, 7) is 3.63. The van der Waals surface area contributed by atoms with Gasteiger partial charge in [-0.05, 0) is 48.0 Å². The number of hydrogen-bond donors (Lipinski definition) is 1. The third kappa shape index (κ3) is 2.90. The minimum Gasteiger partial charge on any atom is -0.368 e. The maximum atomic E-state index is 8.83. The predicted molar refractivity (Wildman–Crippen MR) is 62.5 cm³/mol. The molecule has 0 aliphatic carbocycles. The summed E-state index contributed by atoms with van der Waals surface area (Å²) in [5.41, 5.74) is 0.292. The van der Waals surface area contributed by atoms with Crippen LogP contribution in [-0.2, 0) is 0 Å². The maximum Gasteiger partial charge on any atom is 0.119 e. The van der Waals surface area contributed by atoms with Crippen LogP contribution in [0.1, 0.15) is 13.8 Å². The summed E-state index contributed by atoms with van der Waals surface area (Å²) in [5, 5.41) is 12.6. The van der Waals surface area contributed by atoms with Gasteiger partial charge in [-0.1, -0.05) is 11.6 Å². The molecule has 1 aromatic carbocycles. The molecule has 0 bridgehead atoms. The summed E-state index contributed by atoms with van der Waals surface area (Å²) >= 11 is 9.17. The van der Waals surface area contributed by atoms with E-state index in [2.05, 4.69) is 27.3 Å². The van der Waals surface area contributed by atoms with Crippen LogP contribution >= 0.6 is 27.5 Å². The highest BCUT2D eigenvalue weighted by Gasteiger charge is 2.15. The fraction of sp³-hybridized carbons (Fsp3) is 0.300. The Balaban J connectivity index is 2.90. The van der Waals surface area contributed by atoms with Gasteiger partial charge in [-0.25, -0.2) is 0 Å². The molecule has 0 spiro atoms. The average molecular weight is 274 g/mol. The smallest absolute Gasteiger partial charge is 0.119 e. The molecule has 0 aromatic heterocycles. The normalized spacial score (nSPS) is 10.8. The lowest BCUT2D eigenvalue weighted by Crippen LogP contribution is -2.28. The fourth-order valence-electron chi connectivity index (χ4n) is 0.963. The molecule has 0 heterocycles. The number of hydrogen-bond acceptors (Lipinski definition) is 2. The lowest BCUT2D eigenvalue weighted by molar-refractivity contribution is 0.729. The van der Waals surface area contributed by atoms with Crippen LogP contribution in [-0.4, -0.2) is 5.54 Å². The molecule has 0 fully saturated rings. The number of anilines is 1. The van der Waals surface area contributed by atoms with Gasteiger partial charge in [0, 0.05) is 10.2 Å². The molecule has 0 aliphatic heterocycles. The van der Waals surface area contributed by atoms with Gasteiger partial charge in [0.05, 0.1) is 11.1 Å². The van der Waals surface area contributed by atoms with Crippen molar-refractivity contribution in [2.24, 2.45) is 0 Å². The molecular weight excluding hydrogens is 263 g/mol. The highest BCUT2D eigenvalue weighted by Crippen LogP contribution is 2.26. The minimum atomic E-state index is -0.576. The second-order valence-electron chi connectivity index (χ2n) is 3.49. The highest BCUT2D eigenvalue weighted by atomic mass is 79.9.